The van der Waals surface area contributed by atoms with Crippen molar-refractivity contribution in [3.8, 4) is 0 Å². The Morgan fingerprint density at radius 1 is 1.03 bits per heavy atom. The van der Waals surface area contributed by atoms with Crippen LogP contribution in [0.5, 0.6) is 0 Å². The molecule has 3 aromatic rings. The molecule has 2 N–H and O–H groups in total. The molecule has 32 heavy (non-hydrogen) atoms. The Kier molecular flexibility index (Phi) is 6.60. The molecule has 1 heterocycles. The van der Waals surface area contributed by atoms with Crippen LogP contribution in [0.4, 0.5) is 10.1 Å². The summed E-state index contributed by atoms with van der Waals surface area (Å²) in [7, 11) is -3.48. The summed E-state index contributed by atoms with van der Waals surface area (Å²) in [6.07, 6.45) is 1.91. The molecule has 4 rings (SSSR count). The van der Waals surface area contributed by atoms with Gasteiger partial charge in [-0.2, -0.15) is 0 Å². The van der Waals surface area contributed by atoms with Crippen LogP contribution >= 0.6 is 0 Å². The van der Waals surface area contributed by atoms with Gasteiger partial charge in [-0.1, -0.05) is 54.6 Å². The number of sulfonamides is 1. The topological polar surface area (TPSA) is 69.6 Å². The number of benzene rings is 3. The molecule has 0 aliphatic carbocycles. The molecular weight excluding hydrogens is 427 g/mol. The molecule has 1 aliphatic rings. The first kappa shape index (κ1) is 22.5. The Labute approximate surface area is 188 Å². The molecule has 0 aromatic heterocycles. The molecule has 0 unspecified atom stereocenters. The standard InChI is InChI=1S/C25H27FN2O3S/c1-32(30,31)28(17-18-7-3-2-4-8-18)22-12-6-9-19(16-22)23-13-14-24(27-23)25(29)20-10-5-11-21(26)15-20/h2-12,15-16,23-25,27,29H,13-14,17H2,1H3/t23-,24-,25+/m1/s1. The first-order chi connectivity index (χ1) is 15.3. The fourth-order valence-electron chi connectivity index (χ4n) is 4.25. The molecule has 168 valence electrons. The highest BCUT2D eigenvalue weighted by molar-refractivity contribution is 7.92. The van der Waals surface area contributed by atoms with E-state index in [9.17, 15) is 17.9 Å². The lowest BCUT2D eigenvalue weighted by molar-refractivity contribution is 0.135. The van der Waals surface area contributed by atoms with E-state index in [1.807, 2.05) is 48.5 Å². The van der Waals surface area contributed by atoms with Crippen molar-refractivity contribution >= 4 is 15.7 Å². The van der Waals surface area contributed by atoms with E-state index in [0.717, 1.165) is 24.0 Å². The maximum absolute atomic E-state index is 13.5. The van der Waals surface area contributed by atoms with Gasteiger partial charge in [0.1, 0.15) is 5.82 Å². The van der Waals surface area contributed by atoms with E-state index in [1.165, 1.54) is 22.7 Å². The van der Waals surface area contributed by atoms with Crippen LogP contribution in [0.15, 0.2) is 78.9 Å². The summed E-state index contributed by atoms with van der Waals surface area (Å²) in [5.41, 5.74) is 3.01. The summed E-state index contributed by atoms with van der Waals surface area (Å²) in [4.78, 5) is 0. The van der Waals surface area contributed by atoms with Gasteiger partial charge in [0.05, 0.1) is 24.6 Å². The second-order valence-corrected chi connectivity index (χ2v) is 10.2. The lowest BCUT2D eigenvalue weighted by Gasteiger charge is -2.24. The van der Waals surface area contributed by atoms with E-state index in [0.29, 0.717) is 11.3 Å². The highest BCUT2D eigenvalue weighted by Crippen LogP contribution is 2.34. The number of aliphatic hydroxyl groups excluding tert-OH is 1. The van der Waals surface area contributed by atoms with E-state index in [4.69, 9.17) is 0 Å². The Hall–Kier alpha value is -2.74. The van der Waals surface area contributed by atoms with Crippen molar-refractivity contribution in [3.05, 3.63) is 101 Å². The van der Waals surface area contributed by atoms with Gasteiger partial charge in [0.2, 0.25) is 10.0 Å². The first-order valence-electron chi connectivity index (χ1n) is 10.6. The third-order valence-electron chi connectivity index (χ3n) is 5.88. The molecular formula is C25H27FN2O3S. The summed E-state index contributed by atoms with van der Waals surface area (Å²) in [6.45, 7) is 0.252. The minimum atomic E-state index is -3.48. The summed E-state index contributed by atoms with van der Waals surface area (Å²) in [6, 6.07) is 22.8. The maximum Gasteiger partial charge on any atom is 0.232 e. The average Bonchev–Trinajstić information content (AvgIpc) is 3.27. The molecule has 7 heteroatoms. The van der Waals surface area contributed by atoms with Gasteiger partial charge in [-0.3, -0.25) is 4.31 Å². The van der Waals surface area contributed by atoms with Crippen LogP contribution in [0, 0.1) is 5.82 Å². The Bertz CT molecular complexity index is 1170. The molecule has 0 radical (unpaired) electrons. The summed E-state index contributed by atoms with van der Waals surface area (Å²) < 4.78 is 40.0. The zero-order chi connectivity index (χ0) is 22.7. The van der Waals surface area contributed by atoms with Gasteiger partial charge in [0.15, 0.2) is 0 Å². The predicted octanol–water partition coefficient (Wildman–Crippen LogP) is 4.32. The van der Waals surface area contributed by atoms with Crippen molar-refractivity contribution < 1.29 is 17.9 Å². The van der Waals surface area contributed by atoms with Gasteiger partial charge < -0.3 is 10.4 Å². The van der Waals surface area contributed by atoms with Crippen LogP contribution < -0.4 is 9.62 Å². The minimum absolute atomic E-state index is 0.0266. The van der Waals surface area contributed by atoms with Crippen LogP contribution in [0.1, 0.15) is 41.7 Å². The van der Waals surface area contributed by atoms with Gasteiger partial charge in [0, 0.05) is 12.1 Å². The second kappa shape index (κ2) is 9.40. The number of hydrogen-bond donors (Lipinski definition) is 2. The van der Waals surface area contributed by atoms with Crippen LogP contribution in [-0.4, -0.2) is 25.8 Å². The molecule has 1 fully saturated rings. The molecule has 0 saturated carbocycles. The number of aliphatic hydroxyl groups is 1. The quantitative estimate of drug-likeness (QED) is 0.558. The van der Waals surface area contributed by atoms with Crippen molar-refractivity contribution in [1.29, 1.82) is 0 Å². The molecule has 3 aromatic carbocycles. The second-order valence-electron chi connectivity index (χ2n) is 8.25. The molecule has 1 saturated heterocycles. The van der Waals surface area contributed by atoms with Crippen LogP contribution in [0.2, 0.25) is 0 Å². The van der Waals surface area contributed by atoms with E-state index in [1.54, 1.807) is 18.2 Å². The third-order valence-corrected chi connectivity index (χ3v) is 7.02. The van der Waals surface area contributed by atoms with E-state index in [2.05, 4.69) is 5.32 Å². The van der Waals surface area contributed by atoms with Gasteiger partial charge >= 0.3 is 0 Å². The zero-order valence-corrected chi connectivity index (χ0v) is 18.7. The van der Waals surface area contributed by atoms with E-state index >= 15 is 0 Å². The van der Waals surface area contributed by atoms with E-state index < -0.39 is 16.1 Å². The molecule has 0 spiro atoms. The molecule has 5 nitrogen and oxygen atoms in total. The number of nitrogens with one attached hydrogen (secondary N) is 1. The fourth-order valence-corrected chi connectivity index (χ4v) is 5.13. The Balaban J connectivity index is 1.53. The van der Waals surface area contributed by atoms with E-state index in [-0.39, 0.29) is 24.4 Å². The normalized spacial score (nSPS) is 19.6. The lowest BCUT2D eigenvalue weighted by atomic mass is 10.0. The largest absolute Gasteiger partial charge is 0.387 e. The summed E-state index contributed by atoms with van der Waals surface area (Å²) in [5.74, 6) is -0.372. The minimum Gasteiger partial charge on any atom is -0.387 e. The number of hydrogen-bond acceptors (Lipinski definition) is 4. The molecule has 0 bridgehead atoms. The highest BCUT2D eigenvalue weighted by atomic mass is 32.2. The number of halogens is 1. The van der Waals surface area contributed by atoms with Crippen LogP contribution in [-0.2, 0) is 16.6 Å². The van der Waals surface area contributed by atoms with Crippen LogP contribution in [0.25, 0.3) is 0 Å². The lowest BCUT2D eigenvalue weighted by Crippen LogP contribution is -2.31. The zero-order valence-electron chi connectivity index (χ0n) is 17.9. The SMILES string of the molecule is CS(=O)(=O)N(Cc1ccccc1)c1cccc([C@H]2CC[C@H]([C@@H](O)c3cccc(F)c3)N2)c1. The third kappa shape index (κ3) is 5.18. The fraction of sp³-hybridized carbons (Fsp3) is 0.280. The molecule has 3 atom stereocenters. The number of anilines is 1. The van der Waals surface area contributed by atoms with Gasteiger partial charge in [0.25, 0.3) is 0 Å². The smallest absolute Gasteiger partial charge is 0.232 e. The van der Waals surface area contributed by atoms with Crippen molar-refractivity contribution in [2.75, 3.05) is 10.6 Å². The molecule has 1 aliphatic heterocycles. The number of rotatable bonds is 7. The number of nitrogens with zero attached hydrogens (tertiary/aromatic N) is 1. The maximum atomic E-state index is 13.5. The summed E-state index contributed by atoms with van der Waals surface area (Å²) >= 11 is 0. The predicted molar refractivity (Wildman–Crippen MR) is 124 cm³/mol. The van der Waals surface area contributed by atoms with Gasteiger partial charge in [-0.05, 0) is 53.8 Å². The summed E-state index contributed by atoms with van der Waals surface area (Å²) in [5, 5.41) is 14.1. The highest BCUT2D eigenvalue weighted by Gasteiger charge is 2.31. The van der Waals surface area contributed by atoms with Crippen LogP contribution in [0.3, 0.4) is 0 Å². The molecule has 0 amide bonds. The Morgan fingerprint density at radius 3 is 2.50 bits per heavy atom. The van der Waals surface area contributed by atoms with Crippen molar-refractivity contribution in [1.82, 2.24) is 5.32 Å². The van der Waals surface area contributed by atoms with Crippen molar-refractivity contribution in [3.63, 3.8) is 0 Å². The Morgan fingerprint density at radius 2 is 1.78 bits per heavy atom. The van der Waals surface area contributed by atoms with Crippen molar-refractivity contribution in [2.24, 2.45) is 0 Å². The van der Waals surface area contributed by atoms with Gasteiger partial charge in [-0.25, -0.2) is 12.8 Å². The van der Waals surface area contributed by atoms with Crippen molar-refractivity contribution in [2.45, 2.75) is 37.6 Å². The van der Waals surface area contributed by atoms with Gasteiger partial charge in [-0.15, -0.1) is 0 Å². The average molecular weight is 455 g/mol. The first-order valence-corrected chi connectivity index (χ1v) is 12.5. The monoisotopic (exact) mass is 454 g/mol.